The summed E-state index contributed by atoms with van der Waals surface area (Å²) in [7, 11) is -3.54. The summed E-state index contributed by atoms with van der Waals surface area (Å²) in [5.41, 5.74) is 0.879. The lowest BCUT2D eigenvalue weighted by Gasteiger charge is -2.04. The third kappa shape index (κ3) is 4.54. The maximum atomic E-state index is 12.2. The van der Waals surface area contributed by atoms with Gasteiger partial charge in [0.1, 0.15) is 0 Å². The van der Waals surface area contributed by atoms with Crippen LogP contribution >= 0.6 is 0 Å². The molecule has 2 aromatic carbocycles. The lowest BCUT2D eigenvalue weighted by Crippen LogP contribution is -2.17. The minimum atomic E-state index is -3.54. The number of carbonyl (C=O) groups is 1. The Morgan fingerprint density at radius 3 is 2.66 bits per heavy atom. The summed E-state index contributed by atoms with van der Waals surface area (Å²) in [6.07, 6.45) is 0.124. The molecule has 1 amide bonds. The van der Waals surface area contributed by atoms with E-state index < -0.39 is 15.7 Å². The molecule has 0 fully saturated rings. The summed E-state index contributed by atoms with van der Waals surface area (Å²) in [6, 6.07) is 13.4. The monoisotopic (exact) mass is 415 g/mol. The van der Waals surface area contributed by atoms with E-state index in [9.17, 15) is 13.2 Å². The van der Waals surface area contributed by atoms with Crippen molar-refractivity contribution >= 4 is 21.8 Å². The van der Waals surface area contributed by atoms with E-state index in [2.05, 4.69) is 15.5 Å². The molecule has 0 atom stereocenters. The molecule has 1 aliphatic heterocycles. The van der Waals surface area contributed by atoms with E-state index in [0.717, 1.165) is 5.56 Å². The summed E-state index contributed by atoms with van der Waals surface area (Å²) in [4.78, 5) is 12.2. The number of aromatic nitrogens is 2. The van der Waals surface area contributed by atoms with Crippen molar-refractivity contribution in [2.24, 2.45) is 0 Å². The highest BCUT2D eigenvalue weighted by atomic mass is 32.2. The van der Waals surface area contributed by atoms with Gasteiger partial charge in [-0.1, -0.05) is 29.4 Å². The van der Waals surface area contributed by atoms with Crippen LogP contribution in [0.3, 0.4) is 0 Å². The van der Waals surface area contributed by atoms with E-state index in [1.165, 1.54) is 12.1 Å². The minimum absolute atomic E-state index is 0.0807. The molecule has 3 aromatic rings. The van der Waals surface area contributed by atoms with Crippen molar-refractivity contribution in [3.63, 3.8) is 0 Å². The van der Waals surface area contributed by atoms with E-state index in [1.807, 2.05) is 12.1 Å². The van der Waals surface area contributed by atoms with Crippen LogP contribution in [0.2, 0.25) is 0 Å². The van der Waals surface area contributed by atoms with Crippen molar-refractivity contribution in [1.29, 1.82) is 0 Å². The molecule has 10 heteroatoms. The zero-order chi connectivity index (χ0) is 20.3. The van der Waals surface area contributed by atoms with Gasteiger partial charge in [0.05, 0.1) is 17.1 Å². The Morgan fingerprint density at radius 1 is 1.03 bits per heavy atom. The van der Waals surface area contributed by atoms with Gasteiger partial charge in [-0.3, -0.25) is 10.1 Å². The number of amides is 1. The predicted molar refractivity (Wildman–Crippen MR) is 101 cm³/mol. The zero-order valence-electron chi connectivity index (χ0n) is 15.2. The molecule has 0 unspecified atom stereocenters. The van der Waals surface area contributed by atoms with Crippen LogP contribution in [0.4, 0.5) is 6.01 Å². The maximum absolute atomic E-state index is 12.2. The molecule has 150 valence electrons. The Morgan fingerprint density at radius 2 is 1.83 bits per heavy atom. The first-order valence-corrected chi connectivity index (χ1v) is 10.4. The molecule has 0 aliphatic carbocycles. The molecule has 1 aliphatic rings. The molecule has 1 aromatic heterocycles. The maximum Gasteiger partial charge on any atom is 0.322 e. The Bertz CT molecular complexity index is 1130. The number of hydrogen-bond donors (Lipinski definition) is 1. The lowest BCUT2D eigenvalue weighted by molar-refractivity contribution is -0.116. The zero-order valence-corrected chi connectivity index (χ0v) is 16.0. The molecule has 9 nitrogen and oxygen atoms in total. The van der Waals surface area contributed by atoms with Gasteiger partial charge in [-0.05, 0) is 29.8 Å². The fourth-order valence-corrected chi connectivity index (χ4v) is 4.02. The van der Waals surface area contributed by atoms with Crippen LogP contribution in [0.15, 0.2) is 57.8 Å². The molecule has 1 N–H and O–H groups in total. The van der Waals surface area contributed by atoms with Gasteiger partial charge >= 0.3 is 6.01 Å². The minimum Gasteiger partial charge on any atom is -0.454 e. The average molecular weight is 415 g/mol. The van der Waals surface area contributed by atoms with Gasteiger partial charge in [-0.15, -0.1) is 5.10 Å². The van der Waals surface area contributed by atoms with Gasteiger partial charge in [0.25, 0.3) is 0 Å². The second-order valence-electron chi connectivity index (χ2n) is 6.30. The van der Waals surface area contributed by atoms with Gasteiger partial charge < -0.3 is 13.9 Å². The van der Waals surface area contributed by atoms with Crippen LogP contribution in [0.5, 0.6) is 11.5 Å². The number of benzene rings is 2. The van der Waals surface area contributed by atoms with Crippen molar-refractivity contribution in [2.45, 2.75) is 17.7 Å². The highest BCUT2D eigenvalue weighted by Crippen LogP contribution is 2.33. The van der Waals surface area contributed by atoms with Crippen LogP contribution < -0.4 is 14.8 Å². The first kappa shape index (κ1) is 18.9. The smallest absolute Gasteiger partial charge is 0.322 e. The van der Waals surface area contributed by atoms with E-state index in [-0.39, 0.29) is 29.9 Å². The van der Waals surface area contributed by atoms with Crippen LogP contribution in [-0.4, -0.2) is 37.1 Å². The van der Waals surface area contributed by atoms with Crippen molar-refractivity contribution in [1.82, 2.24) is 10.2 Å². The summed E-state index contributed by atoms with van der Waals surface area (Å²) >= 11 is 0. The second-order valence-corrected chi connectivity index (χ2v) is 8.40. The molecule has 4 rings (SSSR count). The first-order chi connectivity index (χ1) is 14.0. The Labute approximate surface area is 166 Å². The van der Waals surface area contributed by atoms with Crippen molar-refractivity contribution < 1.29 is 27.1 Å². The fourth-order valence-electron chi connectivity index (χ4n) is 2.76. The average Bonchev–Trinajstić information content (AvgIpc) is 3.36. The van der Waals surface area contributed by atoms with Gasteiger partial charge in [0, 0.05) is 6.42 Å². The van der Waals surface area contributed by atoms with E-state index in [0.29, 0.717) is 23.8 Å². The number of fused-ring (bicyclic) bond motifs is 1. The highest BCUT2D eigenvalue weighted by molar-refractivity contribution is 7.91. The van der Waals surface area contributed by atoms with Crippen molar-refractivity contribution in [3.8, 4) is 11.5 Å². The molecule has 0 bridgehead atoms. The largest absolute Gasteiger partial charge is 0.454 e. The molecule has 0 saturated carbocycles. The van der Waals surface area contributed by atoms with Crippen LogP contribution in [-0.2, 0) is 21.1 Å². The number of nitrogens with one attached hydrogen (secondary N) is 1. The summed E-state index contributed by atoms with van der Waals surface area (Å²) in [5.74, 6) is 0.785. The molecular weight excluding hydrogens is 398 g/mol. The van der Waals surface area contributed by atoms with E-state index >= 15 is 0 Å². The highest BCUT2D eigenvalue weighted by Gasteiger charge is 2.18. The third-order valence-corrected chi connectivity index (χ3v) is 5.94. The van der Waals surface area contributed by atoms with Gasteiger partial charge in [0.15, 0.2) is 21.3 Å². The number of rotatable bonds is 7. The number of hydrogen-bond acceptors (Lipinski definition) is 8. The first-order valence-electron chi connectivity index (χ1n) is 8.78. The molecular formula is C19H17N3O6S. The van der Waals surface area contributed by atoms with E-state index in [4.69, 9.17) is 13.9 Å². The Balaban J connectivity index is 1.32. The number of nitrogens with zero attached hydrogens (tertiary/aromatic N) is 2. The van der Waals surface area contributed by atoms with Crippen LogP contribution in [0.25, 0.3) is 0 Å². The Kier molecular flexibility index (Phi) is 5.17. The molecule has 0 radical (unpaired) electrons. The standard InChI is InChI=1S/C19H17N3O6S/c23-17(8-9-29(24,25)14-4-2-1-3-5-14)20-19-22-21-18(28-19)11-13-6-7-15-16(10-13)27-12-26-15/h1-7,10H,8-9,11-12H2,(H,20,22,23). The molecule has 0 spiro atoms. The number of anilines is 1. The topological polar surface area (TPSA) is 121 Å². The van der Waals surface area contributed by atoms with Gasteiger partial charge in [0.2, 0.25) is 18.6 Å². The second kappa shape index (κ2) is 7.92. The van der Waals surface area contributed by atoms with Gasteiger partial charge in [-0.25, -0.2) is 8.42 Å². The number of ether oxygens (including phenoxy) is 2. The number of sulfone groups is 1. The normalized spacial score (nSPS) is 12.7. The lowest BCUT2D eigenvalue weighted by atomic mass is 10.1. The molecule has 2 heterocycles. The Hall–Kier alpha value is -3.40. The third-order valence-electron chi connectivity index (χ3n) is 4.21. The molecule has 0 saturated heterocycles. The van der Waals surface area contributed by atoms with Crippen LogP contribution in [0.1, 0.15) is 17.9 Å². The quantitative estimate of drug-likeness (QED) is 0.623. The van der Waals surface area contributed by atoms with Crippen LogP contribution in [0, 0.1) is 0 Å². The van der Waals surface area contributed by atoms with Crippen molar-refractivity contribution in [2.75, 3.05) is 17.9 Å². The summed E-state index contributed by atoms with van der Waals surface area (Å²) < 4.78 is 40.5. The molecule has 29 heavy (non-hydrogen) atoms. The summed E-state index contributed by atoms with van der Waals surface area (Å²) in [5, 5.41) is 10.1. The van der Waals surface area contributed by atoms with E-state index in [1.54, 1.807) is 24.3 Å². The van der Waals surface area contributed by atoms with Gasteiger partial charge in [-0.2, -0.15) is 0 Å². The fraction of sp³-hybridized carbons (Fsp3) is 0.211. The number of carbonyl (C=O) groups excluding carboxylic acids is 1. The predicted octanol–water partition coefficient (Wildman–Crippen LogP) is 2.19. The van der Waals surface area contributed by atoms with Crippen molar-refractivity contribution in [3.05, 3.63) is 60.0 Å². The summed E-state index contributed by atoms with van der Waals surface area (Å²) in [6.45, 7) is 0.190. The SMILES string of the molecule is O=C(CCS(=O)(=O)c1ccccc1)Nc1nnc(Cc2ccc3c(c2)OCO3)o1.